The molecule has 0 aliphatic carbocycles. The van der Waals surface area contributed by atoms with E-state index in [2.05, 4.69) is 10.6 Å². The van der Waals surface area contributed by atoms with Crippen molar-refractivity contribution in [3.8, 4) is 0 Å². The zero-order valence-electron chi connectivity index (χ0n) is 10.4. The average Bonchev–Trinajstić information content (AvgIpc) is 2.28. The van der Waals surface area contributed by atoms with Crippen molar-refractivity contribution in [1.29, 1.82) is 0 Å². The Bertz CT molecular complexity index is 332. The summed E-state index contributed by atoms with van der Waals surface area (Å²) in [6, 6.07) is -0.366. The van der Waals surface area contributed by atoms with Crippen LogP contribution in [0.4, 0.5) is 4.79 Å². The molecule has 3 N–H and O–H groups in total. The third-order valence-electron chi connectivity index (χ3n) is 2.72. The van der Waals surface area contributed by atoms with E-state index in [1.807, 2.05) is 6.92 Å². The van der Waals surface area contributed by atoms with Gasteiger partial charge in [-0.2, -0.15) is 0 Å². The lowest BCUT2D eigenvalue weighted by molar-refractivity contribution is -0.137. The molecule has 1 atom stereocenters. The van der Waals surface area contributed by atoms with E-state index in [-0.39, 0.29) is 30.9 Å². The van der Waals surface area contributed by atoms with Gasteiger partial charge in [0.25, 0.3) is 0 Å². The summed E-state index contributed by atoms with van der Waals surface area (Å²) in [6.45, 7) is 2.87. The second-order valence-corrected chi connectivity index (χ2v) is 4.41. The van der Waals surface area contributed by atoms with Gasteiger partial charge in [-0.15, -0.1) is 0 Å². The number of carboxylic acid groups (broad SMARTS) is 1. The number of hydrogen-bond acceptors (Lipinski definition) is 3. The first-order valence-corrected chi connectivity index (χ1v) is 6.03. The van der Waals surface area contributed by atoms with E-state index in [1.165, 1.54) is 4.90 Å². The van der Waals surface area contributed by atoms with E-state index in [9.17, 15) is 14.4 Å². The molecule has 7 heteroatoms. The Hall–Kier alpha value is -1.79. The molecule has 1 unspecified atom stereocenters. The summed E-state index contributed by atoms with van der Waals surface area (Å²) in [5, 5.41) is 13.9. The van der Waals surface area contributed by atoms with E-state index in [0.29, 0.717) is 25.9 Å². The molecule has 0 aromatic rings. The lowest BCUT2D eigenvalue weighted by Gasteiger charge is -2.28. The fourth-order valence-corrected chi connectivity index (χ4v) is 1.75. The highest BCUT2D eigenvalue weighted by Crippen LogP contribution is 2.02. The minimum Gasteiger partial charge on any atom is -0.481 e. The summed E-state index contributed by atoms with van der Waals surface area (Å²) in [6.07, 6.45) is 1.24. The van der Waals surface area contributed by atoms with Crippen LogP contribution in [0.1, 0.15) is 26.2 Å². The molecule has 1 aliphatic rings. The number of hydrogen-bond donors (Lipinski definition) is 3. The Morgan fingerprint density at radius 2 is 2.28 bits per heavy atom. The first-order valence-electron chi connectivity index (χ1n) is 6.03. The minimum atomic E-state index is -0.832. The predicted molar refractivity (Wildman–Crippen MR) is 64.1 cm³/mol. The van der Waals surface area contributed by atoms with Gasteiger partial charge in [-0.3, -0.25) is 9.59 Å². The summed E-state index contributed by atoms with van der Waals surface area (Å²) in [4.78, 5) is 34.7. The Kier molecular flexibility index (Phi) is 5.41. The van der Waals surface area contributed by atoms with Gasteiger partial charge in [0.05, 0.1) is 0 Å². The monoisotopic (exact) mass is 257 g/mol. The smallest absolute Gasteiger partial charge is 0.318 e. The first kappa shape index (κ1) is 14.3. The van der Waals surface area contributed by atoms with Gasteiger partial charge in [-0.05, 0) is 19.8 Å². The van der Waals surface area contributed by atoms with Crippen LogP contribution in [0.25, 0.3) is 0 Å². The first-order chi connectivity index (χ1) is 8.49. The summed E-state index contributed by atoms with van der Waals surface area (Å²) in [7, 11) is 0. The molecule has 0 radical (unpaired) electrons. The summed E-state index contributed by atoms with van der Waals surface area (Å²) >= 11 is 0. The van der Waals surface area contributed by atoms with E-state index in [0.717, 1.165) is 0 Å². The largest absolute Gasteiger partial charge is 0.481 e. The van der Waals surface area contributed by atoms with Crippen LogP contribution in [0.15, 0.2) is 0 Å². The normalized spacial score (nSPS) is 16.9. The predicted octanol–water partition coefficient (Wildman–Crippen LogP) is -0.229. The van der Waals surface area contributed by atoms with E-state index in [1.54, 1.807) is 0 Å². The van der Waals surface area contributed by atoms with Gasteiger partial charge in [0.2, 0.25) is 5.91 Å². The molecule has 0 aromatic carbocycles. The Balaban J connectivity index is 2.25. The molecule has 1 saturated heterocycles. The van der Waals surface area contributed by atoms with Crippen LogP contribution in [-0.4, -0.2) is 53.6 Å². The molecule has 102 valence electrons. The molecule has 1 rings (SSSR count). The van der Waals surface area contributed by atoms with Gasteiger partial charge in [0.15, 0.2) is 0 Å². The zero-order valence-corrected chi connectivity index (χ0v) is 10.4. The number of carbonyl (C=O) groups excluding carboxylic acids is 2. The van der Waals surface area contributed by atoms with Crippen molar-refractivity contribution >= 4 is 17.9 Å². The molecule has 0 saturated carbocycles. The van der Waals surface area contributed by atoms with Crippen LogP contribution >= 0.6 is 0 Å². The van der Waals surface area contributed by atoms with Gasteiger partial charge in [-0.25, -0.2) is 4.79 Å². The van der Waals surface area contributed by atoms with Crippen molar-refractivity contribution in [1.82, 2.24) is 15.5 Å². The number of nitrogens with one attached hydrogen (secondary N) is 2. The van der Waals surface area contributed by atoms with E-state index >= 15 is 0 Å². The standard InChI is InChI=1S/C11H19N3O4/c1-8(3-2-4-10(16)17)13-11(18)14-6-5-12-9(15)7-14/h8H,2-7H2,1H3,(H,12,15)(H,13,18)(H,16,17). The maximum Gasteiger partial charge on any atom is 0.318 e. The van der Waals surface area contributed by atoms with Gasteiger partial charge in [-0.1, -0.05) is 0 Å². The van der Waals surface area contributed by atoms with Gasteiger partial charge in [0.1, 0.15) is 6.54 Å². The Morgan fingerprint density at radius 3 is 2.89 bits per heavy atom. The van der Waals surface area contributed by atoms with Crippen LogP contribution in [0.5, 0.6) is 0 Å². The van der Waals surface area contributed by atoms with E-state index in [4.69, 9.17) is 5.11 Å². The summed E-state index contributed by atoms with van der Waals surface area (Å²) < 4.78 is 0. The third-order valence-corrected chi connectivity index (χ3v) is 2.72. The zero-order chi connectivity index (χ0) is 13.5. The number of urea groups is 1. The number of amides is 3. The molecule has 3 amide bonds. The molecular formula is C11H19N3O4. The van der Waals surface area contributed by atoms with E-state index < -0.39 is 5.97 Å². The maximum absolute atomic E-state index is 11.8. The van der Waals surface area contributed by atoms with Crippen LogP contribution in [0.2, 0.25) is 0 Å². The number of rotatable bonds is 5. The molecule has 1 aliphatic heterocycles. The molecule has 18 heavy (non-hydrogen) atoms. The van der Waals surface area contributed by atoms with Crippen molar-refractivity contribution in [2.45, 2.75) is 32.2 Å². The van der Waals surface area contributed by atoms with Crippen molar-refractivity contribution in [2.75, 3.05) is 19.6 Å². The van der Waals surface area contributed by atoms with Crippen LogP contribution in [0.3, 0.4) is 0 Å². The number of carboxylic acids is 1. The highest BCUT2D eigenvalue weighted by molar-refractivity contribution is 5.85. The fraction of sp³-hybridized carbons (Fsp3) is 0.727. The summed E-state index contributed by atoms with van der Waals surface area (Å²) in [5.74, 6) is -0.990. The number of carbonyl (C=O) groups is 3. The van der Waals surface area contributed by atoms with Crippen molar-refractivity contribution < 1.29 is 19.5 Å². The molecule has 7 nitrogen and oxygen atoms in total. The van der Waals surface area contributed by atoms with Gasteiger partial charge < -0.3 is 20.6 Å². The molecule has 1 heterocycles. The van der Waals surface area contributed by atoms with Gasteiger partial charge in [0, 0.05) is 25.6 Å². The molecular weight excluding hydrogens is 238 g/mol. The highest BCUT2D eigenvalue weighted by atomic mass is 16.4. The second kappa shape index (κ2) is 6.83. The minimum absolute atomic E-state index is 0.0771. The second-order valence-electron chi connectivity index (χ2n) is 4.41. The molecule has 0 bridgehead atoms. The quantitative estimate of drug-likeness (QED) is 0.633. The fourth-order valence-electron chi connectivity index (χ4n) is 1.75. The van der Waals surface area contributed by atoms with Crippen LogP contribution < -0.4 is 10.6 Å². The topological polar surface area (TPSA) is 98.7 Å². The van der Waals surface area contributed by atoms with Crippen LogP contribution in [-0.2, 0) is 9.59 Å². The Morgan fingerprint density at radius 1 is 1.56 bits per heavy atom. The molecule has 0 aromatic heterocycles. The lowest BCUT2D eigenvalue weighted by atomic mass is 10.1. The number of nitrogens with zero attached hydrogens (tertiary/aromatic N) is 1. The van der Waals surface area contributed by atoms with Crippen molar-refractivity contribution in [2.24, 2.45) is 0 Å². The maximum atomic E-state index is 11.8. The summed E-state index contributed by atoms with van der Waals surface area (Å²) in [5.41, 5.74) is 0. The van der Waals surface area contributed by atoms with Gasteiger partial charge >= 0.3 is 12.0 Å². The van der Waals surface area contributed by atoms with Crippen molar-refractivity contribution in [3.05, 3.63) is 0 Å². The van der Waals surface area contributed by atoms with Crippen LogP contribution in [0, 0.1) is 0 Å². The molecule has 0 spiro atoms. The highest BCUT2D eigenvalue weighted by Gasteiger charge is 2.21. The average molecular weight is 257 g/mol. The SMILES string of the molecule is CC(CCCC(=O)O)NC(=O)N1CCNC(=O)C1. The molecule has 1 fully saturated rings. The lowest BCUT2D eigenvalue weighted by Crippen LogP contribution is -2.54. The van der Waals surface area contributed by atoms with Crippen molar-refractivity contribution in [3.63, 3.8) is 0 Å². The third kappa shape index (κ3) is 5.03. The number of aliphatic carboxylic acids is 1. The number of piperazine rings is 1. The Labute approximate surface area is 106 Å².